The fourth-order valence-electron chi connectivity index (χ4n) is 1.84. The predicted octanol–water partition coefficient (Wildman–Crippen LogP) is 3.31. The van der Waals surface area contributed by atoms with Gasteiger partial charge in [-0.25, -0.2) is 4.79 Å². The second-order valence-corrected chi connectivity index (χ2v) is 4.51. The van der Waals surface area contributed by atoms with Crippen molar-refractivity contribution in [3.8, 4) is 11.8 Å². The lowest BCUT2D eigenvalue weighted by Gasteiger charge is -2.04. The van der Waals surface area contributed by atoms with Gasteiger partial charge in [-0.1, -0.05) is 37.0 Å². The van der Waals surface area contributed by atoms with Gasteiger partial charge in [0.15, 0.2) is 0 Å². The van der Waals surface area contributed by atoms with Crippen molar-refractivity contribution >= 4 is 5.97 Å². The average molecular weight is 244 g/mol. The van der Waals surface area contributed by atoms with Gasteiger partial charge in [0.1, 0.15) is 0 Å². The normalized spacial score (nSPS) is 9.56. The topological polar surface area (TPSA) is 26.3 Å². The molecule has 2 nitrogen and oxygen atoms in total. The molecule has 0 radical (unpaired) electrons. The molecule has 0 heterocycles. The first-order valence-corrected chi connectivity index (χ1v) is 6.31. The van der Waals surface area contributed by atoms with Crippen LogP contribution in [0.5, 0.6) is 0 Å². The number of rotatable bonds is 3. The van der Waals surface area contributed by atoms with Gasteiger partial charge in [0.05, 0.1) is 6.61 Å². The highest BCUT2D eigenvalue weighted by molar-refractivity contribution is 5.89. The summed E-state index contributed by atoms with van der Waals surface area (Å²) in [5, 5.41) is 0. The van der Waals surface area contributed by atoms with Crippen molar-refractivity contribution in [1.29, 1.82) is 0 Å². The summed E-state index contributed by atoms with van der Waals surface area (Å²) < 4.78 is 5.00. The van der Waals surface area contributed by atoms with Gasteiger partial charge in [-0.3, -0.25) is 0 Å². The first-order chi connectivity index (χ1) is 8.54. The number of ether oxygens (including phenoxy) is 1. The molecule has 0 bridgehead atoms. The molecule has 1 aromatic carbocycles. The van der Waals surface area contributed by atoms with E-state index < -0.39 is 5.97 Å². The van der Waals surface area contributed by atoms with Gasteiger partial charge in [-0.05, 0) is 38.3 Å². The second kappa shape index (κ2) is 6.86. The SMILES string of the molecule is CCCCOC(=O)C#Cc1c(C)cc(C)cc1C. The highest BCUT2D eigenvalue weighted by Crippen LogP contribution is 2.14. The van der Waals surface area contributed by atoms with Gasteiger partial charge in [0.25, 0.3) is 0 Å². The van der Waals surface area contributed by atoms with E-state index in [9.17, 15) is 4.79 Å². The van der Waals surface area contributed by atoms with E-state index in [1.165, 1.54) is 5.56 Å². The third-order valence-corrected chi connectivity index (χ3v) is 2.70. The highest BCUT2D eigenvalue weighted by Gasteiger charge is 2.01. The van der Waals surface area contributed by atoms with Crippen molar-refractivity contribution in [2.75, 3.05) is 6.61 Å². The largest absolute Gasteiger partial charge is 0.456 e. The minimum atomic E-state index is -0.442. The van der Waals surface area contributed by atoms with Crippen LogP contribution in [0.25, 0.3) is 0 Å². The lowest BCUT2D eigenvalue weighted by atomic mass is 10.0. The molecular formula is C16H20O2. The van der Waals surface area contributed by atoms with Crippen molar-refractivity contribution in [3.63, 3.8) is 0 Å². The molecule has 0 spiro atoms. The highest BCUT2D eigenvalue weighted by atomic mass is 16.5. The van der Waals surface area contributed by atoms with Gasteiger partial charge in [-0.15, -0.1) is 0 Å². The smallest absolute Gasteiger partial charge is 0.384 e. The van der Waals surface area contributed by atoms with Crippen LogP contribution in [-0.2, 0) is 9.53 Å². The summed E-state index contributed by atoms with van der Waals surface area (Å²) in [5.74, 6) is 5.02. The molecule has 96 valence electrons. The zero-order valence-corrected chi connectivity index (χ0v) is 11.6. The summed E-state index contributed by atoms with van der Waals surface area (Å²) in [5.41, 5.74) is 4.33. The van der Waals surface area contributed by atoms with Gasteiger partial charge >= 0.3 is 5.97 Å². The summed E-state index contributed by atoms with van der Waals surface area (Å²) in [6, 6.07) is 4.14. The second-order valence-electron chi connectivity index (χ2n) is 4.51. The van der Waals surface area contributed by atoms with Crippen LogP contribution in [0.2, 0.25) is 0 Å². The Bertz CT molecular complexity index is 467. The van der Waals surface area contributed by atoms with Gasteiger partial charge in [0, 0.05) is 11.5 Å². The summed E-state index contributed by atoms with van der Waals surface area (Å²) in [6.07, 6.45) is 1.90. The maximum Gasteiger partial charge on any atom is 0.384 e. The summed E-state index contributed by atoms with van der Waals surface area (Å²) >= 11 is 0. The van der Waals surface area contributed by atoms with Crippen molar-refractivity contribution in [1.82, 2.24) is 0 Å². The molecule has 0 aliphatic carbocycles. The molecule has 0 N–H and O–H groups in total. The van der Waals surface area contributed by atoms with E-state index >= 15 is 0 Å². The molecule has 1 rings (SSSR count). The summed E-state index contributed by atoms with van der Waals surface area (Å²) in [7, 11) is 0. The van der Waals surface area contributed by atoms with E-state index in [2.05, 4.69) is 37.8 Å². The van der Waals surface area contributed by atoms with E-state index in [4.69, 9.17) is 4.74 Å². The standard InChI is InChI=1S/C16H20O2/c1-5-6-9-18-16(17)8-7-15-13(3)10-12(2)11-14(15)4/h10-11H,5-6,9H2,1-4H3. The monoisotopic (exact) mass is 244 g/mol. The number of hydrogen-bond donors (Lipinski definition) is 0. The van der Waals surface area contributed by atoms with Crippen LogP contribution in [-0.4, -0.2) is 12.6 Å². The molecule has 18 heavy (non-hydrogen) atoms. The Kier molecular flexibility index (Phi) is 5.45. The van der Waals surface area contributed by atoms with E-state index in [1.54, 1.807) is 0 Å². The Morgan fingerprint density at radius 1 is 1.22 bits per heavy atom. The van der Waals surface area contributed by atoms with Crippen molar-refractivity contribution in [2.45, 2.75) is 40.5 Å². The fraction of sp³-hybridized carbons (Fsp3) is 0.438. The number of carbonyl (C=O) groups excluding carboxylic acids is 1. The lowest BCUT2D eigenvalue weighted by molar-refractivity contribution is -0.136. The minimum absolute atomic E-state index is 0.442. The molecule has 0 saturated carbocycles. The Hall–Kier alpha value is -1.75. The lowest BCUT2D eigenvalue weighted by Crippen LogP contribution is -2.02. The number of aryl methyl sites for hydroxylation is 3. The fourth-order valence-corrected chi connectivity index (χ4v) is 1.84. The Morgan fingerprint density at radius 2 is 1.83 bits per heavy atom. The Labute approximate surface area is 109 Å². The maximum absolute atomic E-state index is 11.4. The minimum Gasteiger partial charge on any atom is -0.456 e. The molecule has 0 amide bonds. The number of benzene rings is 1. The maximum atomic E-state index is 11.4. The van der Waals surface area contributed by atoms with Crippen LogP contribution in [0.4, 0.5) is 0 Å². The molecule has 0 aliphatic heterocycles. The number of unbranched alkanes of at least 4 members (excludes halogenated alkanes) is 1. The zero-order valence-electron chi connectivity index (χ0n) is 11.6. The van der Waals surface area contributed by atoms with Crippen LogP contribution < -0.4 is 0 Å². The van der Waals surface area contributed by atoms with Crippen LogP contribution in [0.3, 0.4) is 0 Å². The first-order valence-electron chi connectivity index (χ1n) is 6.31. The van der Waals surface area contributed by atoms with Crippen LogP contribution >= 0.6 is 0 Å². The molecule has 2 heteroatoms. The Balaban J connectivity index is 2.76. The number of esters is 1. The molecule has 0 fully saturated rings. The molecule has 0 unspecified atom stereocenters. The van der Waals surface area contributed by atoms with Crippen LogP contribution in [0.15, 0.2) is 12.1 Å². The van der Waals surface area contributed by atoms with Gasteiger partial charge < -0.3 is 4.74 Å². The summed E-state index contributed by atoms with van der Waals surface area (Å²) in [6.45, 7) is 8.57. The van der Waals surface area contributed by atoms with Gasteiger partial charge in [0.2, 0.25) is 0 Å². The number of carbonyl (C=O) groups is 1. The van der Waals surface area contributed by atoms with Crippen LogP contribution in [0.1, 0.15) is 42.0 Å². The predicted molar refractivity (Wildman–Crippen MR) is 73.4 cm³/mol. The molecule has 0 saturated heterocycles. The third-order valence-electron chi connectivity index (χ3n) is 2.70. The molecule has 0 aliphatic rings. The van der Waals surface area contributed by atoms with Gasteiger partial charge in [-0.2, -0.15) is 0 Å². The zero-order chi connectivity index (χ0) is 13.5. The first kappa shape index (κ1) is 14.3. The Morgan fingerprint density at radius 3 is 2.39 bits per heavy atom. The van der Waals surface area contributed by atoms with E-state index in [0.29, 0.717) is 6.61 Å². The average Bonchev–Trinajstić information content (AvgIpc) is 2.27. The van der Waals surface area contributed by atoms with E-state index in [0.717, 1.165) is 29.5 Å². The van der Waals surface area contributed by atoms with E-state index in [1.807, 2.05) is 13.8 Å². The third kappa shape index (κ3) is 4.25. The van der Waals surface area contributed by atoms with Crippen LogP contribution in [0, 0.1) is 32.6 Å². The quantitative estimate of drug-likeness (QED) is 0.463. The van der Waals surface area contributed by atoms with Crippen molar-refractivity contribution in [2.24, 2.45) is 0 Å². The number of hydrogen-bond acceptors (Lipinski definition) is 2. The van der Waals surface area contributed by atoms with Crippen molar-refractivity contribution < 1.29 is 9.53 Å². The molecule has 0 aromatic heterocycles. The van der Waals surface area contributed by atoms with E-state index in [-0.39, 0.29) is 0 Å². The summed E-state index contributed by atoms with van der Waals surface area (Å²) in [4.78, 5) is 11.4. The van der Waals surface area contributed by atoms with Crippen molar-refractivity contribution in [3.05, 3.63) is 34.4 Å². The molecule has 0 atom stereocenters. The molecule has 1 aromatic rings. The molecular weight excluding hydrogens is 224 g/mol.